The fourth-order valence-electron chi connectivity index (χ4n) is 2.55. The zero-order chi connectivity index (χ0) is 15.4. The molecular formula is C16H25N3O2. The van der Waals surface area contributed by atoms with Crippen molar-refractivity contribution in [2.24, 2.45) is 0 Å². The number of aliphatic hydroxyl groups is 1. The number of pyridine rings is 1. The number of hydrogen-bond donors (Lipinski definition) is 2. The molecule has 1 aliphatic carbocycles. The molecule has 0 spiro atoms. The Kier molecular flexibility index (Phi) is 5.17. The molecule has 0 radical (unpaired) electrons. The molecule has 21 heavy (non-hydrogen) atoms. The van der Waals surface area contributed by atoms with Crippen LogP contribution in [0.4, 0.5) is 5.82 Å². The van der Waals surface area contributed by atoms with Gasteiger partial charge in [0, 0.05) is 30.5 Å². The van der Waals surface area contributed by atoms with Gasteiger partial charge in [-0.15, -0.1) is 0 Å². The zero-order valence-electron chi connectivity index (χ0n) is 12.9. The van der Waals surface area contributed by atoms with Gasteiger partial charge >= 0.3 is 0 Å². The van der Waals surface area contributed by atoms with Crippen LogP contribution >= 0.6 is 0 Å². The highest BCUT2D eigenvalue weighted by Gasteiger charge is 2.29. The van der Waals surface area contributed by atoms with Crippen molar-refractivity contribution in [3.05, 3.63) is 23.4 Å². The molecule has 1 fully saturated rings. The van der Waals surface area contributed by atoms with Gasteiger partial charge in [0.2, 0.25) is 0 Å². The largest absolute Gasteiger partial charge is 0.396 e. The number of nitrogens with zero attached hydrogens (tertiary/aromatic N) is 2. The first-order valence-corrected chi connectivity index (χ1v) is 7.72. The average Bonchev–Trinajstić information content (AvgIpc) is 2.39. The minimum absolute atomic E-state index is 0.00384. The Balaban J connectivity index is 2.22. The van der Waals surface area contributed by atoms with E-state index in [9.17, 15) is 4.79 Å². The highest BCUT2D eigenvalue weighted by molar-refractivity contribution is 5.95. The van der Waals surface area contributed by atoms with E-state index in [-0.39, 0.29) is 18.4 Å². The van der Waals surface area contributed by atoms with E-state index in [2.05, 4.69) is 4.98 Å². The summed E-state index contributed by atoms with van der Waals surface area (Å²) in [6.45, 7) is 4.77. The highest BCUT2D eigenvalue weighted by atomic mass is 16.3. The molecule has 0 aromatic carbocycles. The van der Waals surface area contributed by atoms with Crippen molar-refractivity contribution in [3.63, 3.8) is 0 Å². The van der Waals surface area contributed by atoms with Gasteiger partial charge in [-0.1, -0.05) is 13.8 Å². The molecule has 5 nitrogen and oxygen atoms in total. The van der Waals surface area contributed by atoms with E-state index in [1.807, 2.05) is 24.8 Å². The lowest BCUT2D eigenvalue weighted by molar-refractivity contribution is 0.0562. The fourth-order valence-corrected chi connectivity index (χ4v) is 2.55. The van der Waals surface area contributed by atoms with Crippen LogP contribution in [-0.4, -0.2) is 40.1 Å². The van der Waals surface area contributed by atoms with Crippen LogP contribution in [0.15, 0.2) is 12.1 Å². The molecule has 1 amide bonds. The first kappa shape index (κ1) is 15.8. The van der Waals surface area contributed by atoms with Crippen molar-refractivity contribution in [2.45, 2.75) is 51.5 Å². The molecule has 1 saturated carbocycles. The maximum Gasteiger partial charge on any atom is 0.254 e. The van der Waals surface area contributed by atoms with Crippen molar-refractivity contribution in [3.8, 4) is 0 Å². The van der Waals surface area contributed by atoms with Crippen LogP contribution in [0.1, 0.15) is 61.5 Å². The maximum absolute atomic E-state index is 12.8. The molecule has 2 rings (SSSR count). The van der Waals surface area contributed by atoms with E-state index < -0.39 is 0 Å². The number of rotatable bonds is 6. The summed E-state index contributed by atoms with van der Waals surface area (Å²) < 4.78 is 0. The molecule has 0 unspecified atom stereocenters. The first-order valence-electron chi connectivity index (χ1n) is 7.72. The molecule has 0 saturated heterocycles. The number of nitrogens with two attached hydrogens (primary N) is 1. The number of hydrogen-bond acceptors (Lipinski definition) is 4. The molecule has 1 aliphatic rings. The summed E-state index contributed by atoms with van der Waals surface area (Å²) in [6, 6.07) is 3.80. The summed E-state index contributed by atoms with van der Waals surface area (Å²) >= 11 is 0. The monoisotopic (exact) mass is 291 g/mol. The van der Waals surface area contributed by atoms with E-state index >= 15 is 0 Å². The van der Waals surface area contributed by atoms with Gasteiger partial charge in [0.15, 0.2) is 0 Å². The number of nitrogen functional groups attached to an aromatic ring is 1. The van der Waals surface area contributed by atoms with Gasteiger partial charge in [-0.25, -0.2) is 4.98 Å². The lowest BCUT2D eigenvalue weighted by atomic mass is 9.90. The smallest absolute Gasteiger partial charge is 0.254 e. The SMILES string of the molecule is CC(C)c1cc(C(=O)N(CCCO)C2CCC2)cc(N)n1. The lowest BCUT2D eigenvalue weighted by Gasteiger charge is -2.37. The molecule has 1 heterocycles. The fraction of sp³-hybridized carbons (Fsp3) is 0.625. The highest BCUT2D eigenvalue weighted by Crippen LogP contribution is 2.27. The summed E-state index contributed by atoms with van der Waals surface area (Å²) in [6.07, 6.45) is 3.88. The molecule has 1 aromatic heterocycles. The maximum atomic E-state index is 12.8. The van der Waals surface area contributed by atoms with Crippen LogP contribution in [0.3, 0.4) is 0 Å². The molecule has 1 aromatic rings. The van der Waals surface area contributed by atoms with Gasteiger partial charge < -0.3 is 15.7 Å². The minimum Gasteiger partial charge on any atom is -0.396 e. The standard InChI is InChI=1S/C16H25N3O2/c1-11(2)14-9-12(10-15(17)18-14)16(21)19(7-4-8-20)13-5-3-6-13/h9-11,13,20H,3-8H2,1-2H3,(H2,17,18). The number of aromatic nitrogens is 1. The third-order valence-electron chi connectivity index (χ3n) is 4.04. The Morgan fingerprint density at radius 2 is 2.19 bits per heavy atom. The Morgan fingerprint density at radius 1 is 1.48 bits per heavy atom. The van der Waals surface area contributed by atoms with E-state index in [0.29, 0.717) is 30.4 Å². The number of carbonyl (C=O) groups excluding carboxylic acids is 1. The van der Waals surface area contributed by atoms with Crippen molar-refractivity contribution in [2.75, 3.05) is 18.9 Å². The molecule has 0 bridgehead atoms. The van der Waals surface area contributed by atoms with Crippen LogP contribution in [0, 0.1) is 0 Å². The van der Waals surface area contributed by atoms with Gasteiger partial charge in [0.05, 0.1) is 0 Å². The molecule has 5 heteroatoms. The molecule has 0 atom stereocenters. The van der Waals surface area contributed by atoms with Crippen molar-refractivity contribution >= 4 is 11.7 Å². The Morgan fingerprint density at radius 3 is 2.71 bits per heavy atom. The predicted octanol–water partition coefficient (Wildman–Crippen LogP) is 2.16. The summed E-state index contributed by atoms with van der Waals surface area (Å²) in [5, 5.41) is 9.03. The Labute approximate surface area is 126 Å². The van der Waals surface area contributed by atoms with Crippen LogP contribution in [0.25, 0.3) is 0 Å². The van der Waals surface area contributed by atoms with Gasteiger partial charge in [-0.3, -0.25) is 4.79 Å². The van der Waals surface area contributed by atoms with Crippen LogP contribution < -0.4 is 5.73 Å². The zero-order valence-corrected chi connectivity index (χ0v) is 12.9. The van der Waals surface area contributed by atoms with Gasteiger partial charge in [0.25, 0.3) is 5.91 Å². The number of amides is 1. The van der Waals surface area contributed by atoms with Crippen LogP contribution in [0.2, 0.25) is 0 Å². The topological polar surface area (TPSA) is 79.5 Å². The van der Waals surface area contributed by atoms with E-state index in [0.717, 1.165) is 18.5 Å². The minimum atomic E-state index is 0.00384. The number of anilines is 1. The van der Waals surface area contributed by atoms with E-state index in [1.165, 1.54) is 6.42 Å². The summed E-state index contributed by atoms with van der Waals surface area (Å²) in [7, 11) is 0. The Bertz CT molecular complexity index is 498. The number of aliphatic hydroxyl groups excluding tert-OH is 1. The number of carbonyl (C=O) groups is 1. The first-order chi connectivity index (χ1) is 10.0. The second-order valence-electron chi connectivity index (χ2n) is 6.02. The lowest BCUT2D eigenvalue weighted by Crippen LogP contribution is -2.45. The normalized spacial score (nSPS) is 15.0. The second-order valence-corrected chi connectivity index (χ2v) is 6.02. The van der Waals surface area contributed by atoms with Crippen molar-refractivity contribution in [1.29, 1.82) is 0 Å². The Hall–Kier alpha value is -1.62. The molecule has 0 aliphatic heterocycles. The summed E-state index contributed by atoms with van der Waals surface area (Å²) in [5.41, 5.74) is 7.29. The van der Waals surface area contributed by atoms with Gasteiger partial charge in [-0.05, 0) is 43.7 Å². The van der Waals surface area contributed by atoms with Crippen LogP contribution in [-0.2, 0) is 0 Å². The average molecular weight is 291 g/mol. The second kappa shape index (κ2) is 6.89. The molecular weight excluding hydrogens is 266 g/mol. The van der Waals surface area contributed by atoms with E-state index in [1.54, 1.807) is 6.07 Å². The third kappa shape index (κ3) is 3.73. The van der Waals surface area contributed by atoms with Gasteiger partial charge in [-0.2, -0.15) is 0 Å². The summed E-state index contributed by atoms with van der Waals surface area (Å²) in [5.74, 6) is 0.624. The van der Waals surface area contributed by atoms with Gasteiger partial charge in [0.1, 0.15) is 5.82 Å². The van der Waals surface area contributed by atoms with Crippen molar-refractivity contribution < 1.29 is 9.90 Å². The van der Waals surface area contributed by atoms with Crippen molar-refractivity contribution in [1.82, 2.24) is 9.88 Å². The predicted molar refractivity (Wildman–Crippen MR) is 83.1 cm³/mol. The summed E-state index contributed by atoms with van der Waals surface area (Å²) in [4.78, 5) is 18.9. The quantitative estimate of drug-likeness (QED) is 0.842. The molecule has 116 valence electrons. The van der Waals surface area contributed by atoms with Crippen LogP contribution in [0.5, 0.6) is 0 Å². The third-order valence-corrected chi connectivity index (χ3v) is 4.04. The van der Waals surface area contributed by atoms with E-state index in [4.69, 9.17) is 10.8 Å². The molecule has 3 N–H and O–H groups in total.